The molecular weight excluding hydrogens is 374 g/mol. The van der Waals surface area contributed by atoms with Crippen LogP contribution in [-0.4, -0.2) is 31.1 Å². The first-order chi connectivity index (χ1) is 13.5. The smallest absolute Gasteiger partial charge is 0.240 e. The number of imidazole rings is 1. The lowest BCUT2D eigenvalue weighted by Crippen LogP contribution is -2.24. The molecule has 0 aliphatic carbocycles. The van der Waals surface area contributed by atoms with E-state index < -0.39 is 10.0 Å². The molecule has 0 fully saturated rings. The van der Waals surface area contributed by atoms with Gasteiger partial charge in [0.25, 0.3) is 0 Å². The van der Waals surface area contributed by atoms with Crippen LogP contribution >= 0.6 is 0 Å². The van der Waals surface area contributed by atoms with Crippen molar-refractivity contribution in [1.29, 1.82) is 0 Å². The van der Waals surface area contributed by atoms with Gasteiger partial charge in [0.15, 0.2) is 0 Å². The maximum atomic E-state index is 12.3. The van der Waals surface area contributed by atoms with E-state index in [-0.39, 0.29) is 4.90 Å². The van der Waals surface area contributed by atoms with Crippen LogP contribution in [0, 0.1) is 0 Å². The van der Waals surface area contributed by atoms with Crippen LogP contribution < -0.4 is 9.46 Å². The number of nitrogens with one attached hydrogen (secondary N) is 1. The summed E-state index contributed by atoms with van der Waals surface area (Å²) in [5, 5.41) is 0. The minimum absolute atomic E-state index is 0.259. The molecule has 1 N–H and O–H groups in total. The van der Waals surface area contributed by atoms with Gasteiger partial charge in [0.2, 0.25) is 10.0 Å². The van der Waals surface area contributed by atoms with E-state index in [4.69, 9.17) is 4.74 Å². The van der Waals surface area contributed by atoms with Gasteiger partial charge < -0.3 is 4.74 Å². The number of aromatic nitrogens is 2. The second-order valence-electron chi connectivity index (χ2n) is 6.35. The zero-order chi connectivity index (χ0) is 20.0. The monoisotopic (exact) mass is 399 g/mol. The summed E-state index contributed by atoms with van der Waals surface area (Å²) < 4.78 is 34.7. The number of unbranched alkanes of at least 4 members (excludes halogenated alkanes) is 1. The van der Waals surface area contributed by atoms with Crippen LogP contribution in [0.25, 0.3) is 16.9 Å². The van der Waals surface area contributed by atoms with Gasteiger partial charge in [-0.05, 0) is 61.9 Å². The molecule has 0 aliphatic heterocycles. The van der Waals surface area contributed by atoms with Gasteiger partial charge in [0.1, 0.15) is 5.75 Å². The fourth-order valence-corrected chi connectivity index (χ4v) is 3.93. The van der Waals surface area contributed by atoms with Crippen molar-refractivity contribution < 1.29 is 13.2 Å². The van der Waals surface area contributed by atoms with Crippen molar-refractivity contribution in [3.63, 3.8) is 0 Å². The summed E-state index contributed by atoms with van der Waals surface area (Å²) in [5.41, 5.74) is 2.76. The highest BCUT2D eigenvalue weighted by Crippen LogP contribution is 2.25. The second kappa shape index (κ2) is 9.03. The Morgan fingerprint density at radius 2 is 1.75 bits per heavy atom. The van der Waals surface area contributed by atoms with Crippen LogP contribution in [0.5, 0.6) is 5.75 Å². The molecule has 0 spiro atoms. The largest absolute Gasteiger partial charge is 0.494 e. The van der Waals surface area contributed by atoms with E-state index in [0.717, 1.165) is 35.5 Å². The highest BCUT2D eigenvalue weighted by molar-refractivity contribution is 7.89. The molecule has 0 bridgehead atoms. The molecule has 6 nitrogen and oxygen atoms in total. The van der Waals surface area contributed by atoms with Crippen molar-refractivity contribution in [2.24, 2.45) is 0 Å². The Labute approximate surface area is 166 Å². The summed E-state index contributed by atoms with van der Waals surface area (Å²) in [4.78, 5) is 4.52. The molecule has 0 amide bonds. The molecule has 1 aromatic heterocycles. The van der Waals surface area contributed by atoms with Crippen LogP contribution in [0.1, 0.15) is 26.7 Å². The zero-order valence-corrected chi connectivity index (χ0v) is 16.9. The first-order valence-corrected chi connectivity index (χ1v) is 10.9. The molecular formula is C21H25N3O3S. The summed E-state index contributed by atoms with van der Waals surface area (Å²) in [6.45, 7) is 5.05. The summed E-state index contributed by atoms with van der Waals surface area (Å²) in [7, 11) is -3.48. The lowest BCUT2D eigenvalue weighted by Gasteiger charge is -2.11. The van der Waals surface area contributed by atoms with Crippen molar-refractivity contribution in [3.05, 3.63) is 61.1 Å². The van der Waals surface area contributed by atoms with Gasteiger partial charge in [0.05, 0.1) is 29.7 Å². The van der Waals surface area contributed by atoms with Crippen molar-refractivity contribution in [2.45, 2.75) is 31.6 Å². The number of rotatable bonds is 9. The predicted molar refractivity (Wildman–Crippen MR) is 110 cm³/mol. The number of hydrogen-bond donors (Lipinski definition) is 1. The Morgan fingerprint density at radius 1 is 1.04 bits per heavy atom. The first kappa shape index (κ1) is 20.1. The van der Waals surface area contributed by atoms with Crippen LogP contribution in [0.2, 0.25) is 0 Å². The Kier molecular flexibility index (Phi) is 6.49. The van der Waals surface area contributed by atoms with Crippen molar-refractivity contribution in [1.82, 2.24) is 14.3 Å². The molecule has 2 aromatic carbocycles. The molecule has 0 saturated carbocycles. The minimum Gasteiger partial charge on any atom is -0.494 e. The molecule has 0 atom stereocenters. The van der Waals surface area contributed by atoms with E-state index in [9.17, 15) is 8.42 Å². The highest BCUT2D eigenvalue weighted by atomic mass is 32.2. The number of benzene rings is 2. The topological polar surface area (TPSA) is 73.2 Å². The molecule has 0 radical (unpaired) electrons. The molecule has 28 heavy (non-hydrogen) atoms. The first-order valence-electron chi connectivity index (χ1n) is 9.41. The van der Waals surface area contributed by atoms with E-state index >= 15 is 0 Å². The van der Waals surface area contributed by atoms with E-state index in [1.807, 2.05) is 42.7 Å². The SMILES string of the molecule is CCCCNS(=O)(=O)c1ccc(-n2cncc2-c2ccc(OCC)cc2)cc1. The highest BCUT2D eigenvalue weighted by Gasteiger charge is 2.14. The van der Waals surface area contributed by atoms with Crippen LogP contribution in [0.4, 0.5) is 0 Å². The molecule has 0 saturated heterocycles. The summed E-state index contributed by atoms with van der Waals surface area (Å²) in [5.74, 6) is 0.822. The molecule has 7 heteroatoms. The van der Waals surface area contributed by atoms with E-state index in [1.54, 1.807) is 36.8 Å². The molecule has 1 heterocycles. The number of nitrogens with zero attached hydrogens (tertiary/aromatic N) is 2. The quantitative estimate of drug-likeness (QED) is 0.552. The fraction of sp³-hybridized carbons (Fsp3) is 0.286. The Hall–Kier alpha value is -2.64. The average molecular weight is 400 g/mol. The maximum absolute atomic E-state index is 12.3. The van der Waals surface area contributed by atoms with Gasteiger partial charge in [-0.1, -0.05) is 13.3 Å². The normalized spacial score (nSPS) is 11.5. The Morgan fingerprint density at radius 3 is 2.39 bits per heavy atom. The lowest BCUT2D eigenvalue weighted by atomic mass is 10.1. The predicted octanol–water partition coefficient (Wildman–Crippen LogP) is 4.02. The van der Waals surface area contributed by atoms with Crippen molar-refractivity contribution >= 4 is 10.0 Å². The van der Waals surface area contributed by atoms with Crippen LogP contribution in [0.15, 0.2) is 66.0 Å². The fourth-order valence-electron chi connectivity index (χ4n) is 2.86. The van der Waals surface area contributed by atoms with Gasteiger partial charge in [-0.2, -0.15) is 0 Å². The van der Waals surface area contributed by atoms with E-state index in [1.165, 1.54) is 0 Å². The molecule has 148 valence electrons. The van der Waals surface area contributed by atoms with Gasteiger partial charge in [0, 0.05) is 17.8 Å². The van der Waals surface area contributed by atoms with Gasteiger partial charge in [-0.25, -0.2) is 18.1 Å². The zero-order valence-electron chi connectivity index (χ0n) is 16.1. The van der Waals surface area contributed by atoms with Gasteiger partial charge in [-0.3, -0.25) is 4.57 Å². The van der Waals surface area contributed by atoms with Crippen LogP contribution in [-0.2, 0) is 10.0 Å². The Balaban J connectivity index is 1.83. The van der Waals surface area contributed by atoms with Crippen molar-refractivity contribution in [2.75, 3.05) is 13.2 Å². The van der Waals surface area contributed by atoms with Gasteiger partial charge in [-0.15, -0.1) is 0 Å². The van der Waals surface area contributed by atoms with Gasteiger partial charge >= 0.3 is 0 Å². The van der Waals surface area contributed by atoms with Crippen LogP contribution in [0.3, 0.4) is 0 Å². The lowest BCUT2D eigenvalue weighted by molar-refractivity contribution is 0.340. The summed E-state index contributed by atoms with van der Waals surface area (Å²) >= 11 is 0. The average Bonchev–Trinajstić information content (AvgIpc) is 3.19. The number of sulfonamides is 1. The second-order valence-corrected chi connectivity index (χ2v) is 8.12. The maximum Gasteiger partial charge on any atom is 0.240 e. The summed E-state index contributed by atoms with van der Waals surface area (Å²) in [6.07, 6.45) is 5.26. The number of hydrogen-bond acceptors (Lipinski definition) is 4. The molecule has 0 aliphatic rings. The van der Waals surface area contributed by atoms with E-state index in [0.29, 0.717) is 13.2 Å². The number of ether oxygens (including phenoxy) is 1. The molecule has 0 unspecified atom stereocenters. The van der Waals surface area contributed by atoms with Crippen molar-refractivity contribution in [3.8, 4) is 22.7 Å². The van der Waals surface area contributed by atoms with E-state index in [2.05, 4.69) is 9.71 Å². The molecule has 3 aromatic rings. The summed E-state index contributed by atoms with van der Waals surface area (Å²) in [6, 6.07) is 14.6. The third kappa shape index (κ3) is 4.61. The minimum atomic E-state index is -3.48. The standard InChI is InChI=1S/C21H25N3O3S/c1-3-5-14-23-28(25,26)20-12-8-18(9-13-20)24-16-22-15-21(24)17-6-10-19(11-7-17)27-4-2/h6-13,15-16,23H,3-5,14H2,1-2H3. The Bertz CT molecular complexity index is 994. The molecule has 3 rings (SSSR count). The third-order valence-corrected chi connectivity index (χ3v) is 5.82. The third-order valence-electron chi connectivity index (χ3n) is 4.35.